The zero-order chi connectivity index (χ0) is 13.0. The third kappa shape index (κ3) is 2.30. The van der Waals surface area contributed by atoms with Gasteiger partial charge in [-0.1, -0.05) is 18.2 Å². The van der Waals surface area contributed by atoms with Gasteiger partial charge in [0.05, 0.1) is 12.2 Å². The number of fused-ring (bicyclic) bond motifs is 1. The predicted octanol–water partition coefficient (Wildman–Crippen LogP) is 4.17. The van der Waals surface area contributed by atoms with Crippen molar-refractivity contribution in [2.45, 2.75) is 20.8 Å². The number of rotatable bonds is 4. The van der Waals surface area contributed by atoms with Gasteiger partial charge in [-0.2, -0.15) is 0 Å². The zero-order valence-electron chi connectivity index (χ0n) is 10.9. The summed E-state index contributed by atoms with van der Waals surface area (Å²) >= 11 is 0. The van der Waals surface area contributed by atoms with E-state index in [2.05, 4.69) is 4.98 Å². The minimum atomic E-state index is 0.597. The van der Waals surface area contributed by atoms with Gasteiger partial charge in [-0.15, -0.1) is 0 Å². The lowest BCUT2D eigenvalue weighted by Crippen LogP contribution is -1.95. The molecule has 0 aliphatic heterocycles. The molecule has 0 atom stereocenters. The van der Waals surface area contributed by atoms with Gasteiger partial charge in [0, 0.05) is 0 Å². The molecule has 0 saturated heterocycles. The van der Waals surface area contributed by atoms with Gasteiger partial charge in [0.2, 0.25) is 5.89 Å². The molecule has 0 saturated carbocycles. The summed E-state index contributed by atoms with van der Waals surface area (Å²) in [6.45, 7) is 6.48. The molecule has 1 heterocycles. The summed E-state index contributed by atoms with van der Waals surface area (Å²) in [5.41, 5.74) is 2.54. The molecule has 18 heavy (non-hydrogen) atoms. The fourth-order valence-electron chi connectivity index (χ4n) is 1.83. The molecular formula is C15H17NO2. The van der Waals surface area contributed by atoms with Crippen molar-refractivity contribution in [1.82, 2.24) is 4.98 Å². The Hall–Kier alpha value is -2.03. The highest BCUT2D eigenvalue weighted by Gasteiger charge is 2.14. The van der Waals surface area contributed by atoms with Gasteiger partial charge < -0.3 is 9.15 Å². The van der Waals surface area contributed by atoms with Crippen molar-refractivity contribution < 1.29 is 9.15 Å². The normalized spacial score (nSPS) is 13.1. The minimum absolute atomic E-state index is 0.597. The lowest BCUT2D eigenvalue weighted by Gasteiger charge is -2.08. The van der Waals surface area contributed by atoms with Crippen LogP contribution in [0.1, 0.15) is 26.7 Å². The van der Waals surface area contributed by atoms with Crippen LogP contribution in [-0.4, -0.2) is 11.6 Å². The Morgan fingerprint density at radius 3 is 2.67 bits per heavy atom. The first kappa shape index (κ1) is 12.4. The van der Waals surface area contributed by atoms with Gasteiger partial charge in [-0.25, -0.2) is 4.98 Å². The third-order valence-electron chi connectivity index (χ3n) is 2.64. The summed E-state index contributed by atoms with van der Waals surface area (Å²) in [4.78, 5) is 4.48. The van der Waals surface area contributed by atoms with Gasteiger partial charge in [0.15, 0.2) is 5.58 Å². The molecule has 1 aromatic carbocycles. The van der Waals surface area contributed by atoms with E-state index in [-0.39, 0.29) is 0 Å². The van der Waals surface area contributed by atoms with Gasteiger partial charge in [-0.05, 0) is 39.0 Å². The van der Waals surface area contributed by atoms with E-state index in [1.165, 1.54) is 0 Å². The summed E-state index contributed by atoms with van der Waals surface area (Å²) in [5, 5.41) is 0. The van der Waals surface area contributed by atoms with Gasteiger partial charge in [0.25, 0.3) is 0 Å². The summed E-state index contributed by atoms with van der Waals surface area (Å²) in [5.74, 6) is 1.40. The average Bonchev–Trinajstić information content (AvgIpc) is 2.82. The Balaban J connectivity index is 2.44. The highest BCUT2D eigenvalue weighted by Crippen LogP contribution is 2.26. The van der Waals surface area contributed by atoms with E-state index in [1.807, 2.05) is 57.2 Å². The van der Waals surface area contributed by atoms with Crippen LogP contribution in [0.4, 0.5) is 0 Å². The molecule has 0 aliphatic carbocycles. The van der Waals surface area contributed by atoms with Gasteiger partial charge in [-0.3, -0.25) is 0 Å². The third-order valence-corrected chi connectivity index (χ3v) is 2.64. The first-order valence-electron chi connectivity index (χ1n) is 6.11. The largest absolute Gasteiger partial charge is 0.493 e. The number of hydrogen-bond donors (Lipinski definition) is 0. The number of nitrogens with zero attached hydrogens (tertiary/aromatic N) is 1. The summed E-state index contributed by atoms with van der Waals surface area (Å²) in [6, 6.07) is 7.73. The van der Waals surface area contributed by atoms with Crippen LogP contribution in [0.15, 0.2) is 46.6 Å². The monoisotopic (exact) mass is 243 g/mol. The highest BCUT2D eigenvalue weighted by molar-refractivity contribution is 5.79. The van der Waals surface area contributed by atoms with Gasteiger partial charge >= 0.3 is 0 Å². The van der Waals surface area contributed by atoms with E-state index < -0.39 is 0 Å². The first-order valence-corrected chi connectivity index (χ1v) is 6.11. The predicted molar refractivity (Wildman–Crippen MR) is 73.0 cm³/mol. The number of aromatic nitrogens is 1. The fourth-order valence-corrected chi connectivity index (χ4v) is 1.83. The molecule has 0 N–H and O–H groups in total. The second kappa shape index (κ2) is 5.54. The van der Waals surface area contributed by atoms with Crippen LogP contribution in [0.5, 0.6) is 0 Å². The minimum Gasteiger partial charge on any atom is -0.493 e. The molecule has 0 radical (unpaired) electrons. The maximum atomic E-state index is 5.75. The van der Waals surface area contributed by atoms with E-state index in [4.69, 9.17) is 9.15 Å². The van der Waals surface area contributed by atoms with Crippen molar-refractivity contribution in [2.75, 3.05) is 6.61 Å². The number of para-hydroxylation sites is 2. The summed E-state index contributed by atoms with van der Waals surface area (Å²) in [6.07, 6.45) is 3.88. The molecule has 0 amide bonds. The molecule has 0 aliphatic rings. The van der Waals surface area contributed by atoms with Crippen molar-refractivity contribution in [3.05, 3.63) is 48.1 Å². The first-order chi connectivity index (χ1) is 8.80. The Labute approximate surface area is 107 Å². The van der Waals surface area contributed by atoms with Crippen LogP contribution < -0.4 is 0 Å². The molecule has 2 rings (SSSR count). The summed E-state index contributed by atoms with van der Waals surface area (Å²) in [7, 11) is 0. The molecule has 0 fully saturated rings. The second-order valence-corrected chi connectivity index (χ2v) is 3.78. The van der Waals surface area contributed by atoms with E-state index in [9.17, 15) is 0 Å². The van der Waals surface area contributed by atoms with Crippen molar-refractivity contribution in [2.24, 2.45) is 0 Å². The maximum absolute atomic E-state index is 5.75. The van der Waals surface area contributed by atoms with E-state index in [0.29, 0.717) is 12.5 Å². The van der Waals surface area contributed by atoms with E-state index in [1.54, 1.807) is 0 Å². The number of hydrogen-bond acceptors (Lipinski definition) is 3. The lowest BCUT2D eigenvalue weighted by molar-refractivity contribution is 0.244. The van der Waals surface area contributed by atoms with Crippen LogP contribution in [0.2, 0.25) is 0 Å². The summed E-state index contributed by atoms with van der Waals surface area (Å²) < 4.78 is 11.3. The topological polar surface area (TPSA) is 35.3 Å². The van der Waals surface area contributed by atoms with E-state index >= 15 is 0 Å². The zero-order valence-corrected chi connectivity index (χ0v) is 10.9. The number of allylic oxidation sites excluding steroid dienone is 3. The van der Waals surface area contributed by atoms with E-state index in [0.717, 1.165) is 22.4 Å². The van der Waals surface area contributed by atoms with Crippen molar-refractivity contribution in [3.8, 4) is 0 Å². The quantitative estimate of drug-likeness (QED) is 0.597. The number of ether oxygens (including phenoxy) is 1. The van der Waals surface area contributed by atoms with Crippen LogP contribution in [0.3, 0.4) is 0 Å². The van der Waals surface area contributed by atoms with Gasteiger partial charge in [0.1, 0.15) is 11.3 Å². The molecule has 1 aromatic heterocycles. The molecule has 0 spiro atoms. The van der Waals surface area contributed by atoms with Crippen molar-refractivity contribution in [3.63, 3.8) is 0 Å². The smallest absolute Gasteiger partial charge is 0.230 e. The standard InChI is InChI=1S/C15H17NO2/c1-4-11(13(5-2)17-6-3)15-16-12-9-7-8-10-14(12)18-15/h4-5,7-10H,6H2,1-3H3/b11-4+,13-5+. The highest BCUT2D eigenvalue weighted by atomic mass is 16.5. The van der Waals surface area contributed by atoms with Crippen molar-refractivity contribution >= 4 is 16.7 Å². The van der Waals surface area contributed by atoms with Crippen molar-refractivity contribution in [1.29, 1.82) is 0 Å². The SMILES string of the molecule is C/C=C(OCC)\C(=C/C)c1nc2ccccc2o1. The molecule has 94 valence electrons. The molecule has 0 bridgehead atoms. The Morgan fingerprint density at radius 1 is 1.28 bits per heavy atom. The van der Waals surface area contributed by atoms with Crippen LogP contribution in [0.25, 0.3) is 16.7 Å². The molecule has 2 aromatic rings. The molecule has 0 unspecified atom stereocenters. The number of benzene rings is 1. The van der Waals surface area contributed by atoms with Crippen LogP contribution in [-0.2, 0) is 4.74 Å². The lowest BCUT2D eigenvalue weighted by atomic mass is 10.2. The molecule has 3 heteroatoms. The van der Waals surface area contributed by atoms with Crippen LogP contribution >= 0.6 is 0 Å². The maximum Gasteiger partial charge on any atom is 0.230 e. The molecule has 3 nitrogen and oxygen atoms in total. The average molecular weight is 243 g/mol. The Morgan fingerprint density at radius 2 is 2.06 bits per heavy atom. The Bertz CT molecular complexity index is 560. The number of oxazole rings is 1. The second-order valence-electron chi connectivity index (χ2n) is 3.78. The Kier molecular flexibility index (Phi) is 3.82. The fraction of sp³-hybridized carbons (Fsp3) is 0.267. The van der Waals surface area contributed by atoms with Crippen LogP contribution in [0, 0.1) is 0 Å². The molecular weight excluding hydrogens is 226 g/mol.